The van der Waals surface area contributed by atoms with Crippen LogP contribution in [0.1, 0.15) is 38.0 Å². The zero-order valence-electron chi connectivity index (χ0n) is 7.45. The highest BCUT2D eigenvalue weighted by Gasteiger charge is 2.08. The van der Waals surface area contributed by atoms with Crippen LogP contribution < -0.4 is 0 Å². The smallest absolute Gasteiger partial charge is 0.219 e. The minimum Gasteiger partial charge on any atom is -0.425 e. The molecule has 1 N–H and O–H groups in total. The van der Waals surface area contributed by atoms with Crippen LogP contribution in [-0.4, -0.2) is 21.9 Å². The Morgan fingerprint density at radius 1 is 1.42 bits per heavy atom. The molecule has 0 aliphatic carbocycles. The Bertz CT molecular complexity index is 233. The standard InChI is InChI=1S/C8H14N2O2/c1-6(2)8-10-9-7(12-8)4-3-5-11/h6,11H,3-5H2,1-2H3. The number of hydrogen-bond donors (Lipinski definition) is 1. The molecule has 0 unspecified atom stereocenters. The fourth-order valence-corrected chi connectivity index (χ4v) is 0.831. The van der Waals surface area contributed by atoms with E-state index >= 15 is 0 Å². The molecule has 0 radical (unpaired) electrons. The number of aromatic nitrogens is 2. The molecule has 0 fully saturated rings. The summed E-state index contributed by atoms with van der Waals surface area (Å²) in [6.07, 6.45) is 1.34. The van der Waals surface area contributed by atoms with Crippen LogP contribution in [-0.2, 0) is 6.42 Å². The van der Waals surface area contributed by atoms with Crippen molar-refractivity contribution in [1.82, 2.24) is 10.2 Å². The number of hydrogen-bond acceptors (Lipinski definition) is 4. The van der Waals surface area contributed by atoms with Gasteiger partial charge in [0.05, 0.1) is 0 Å². The molecular formula is C8H14N2O2. The van der Waals surface area contributed by atoms with E-state index in [0.29, 0.717) is 24.6 Å². The van der Waals surface area contributed by atoms with Crippen molar-refractivity contribution in [3.63, 3.8) is 0 Å². The van der Waals surface area contributed by atoms with Crippen LogP contribution in [0.3, 0.4) is 0 Å². The Hall–Kier alpha value is -0.900. The van der Waals surface area contributed by atoms with Crippen molar-refractivity contribution in [1.29, 1.82) is 0 Å². The van der Waals surface area contributed by atoms with Crippen LogP contribution in [0.2, 0.25) is 0 Å². The van der Waals surface area contributed by atoms with Crippen molar-refractivity contribution < 1.29 is 9.52 Å². The summed E-state index contributed by atoms with van der Waals surface area (Å²) in [6, 6.07) is 0. The molecule has 0 amide bonds. The number of aliphatic hydroxyl groups is 1. The molecule has 0 spiro atoms. The van der Waals surface area contributed by atoms with Gasteiger partial charge in [0, 0.05) is 18.9 Å². The van der Waals surface area contributed by atoms with Gasteiger partial charge in [0.2, 0.25) is 11.8 Å². The molecule has 68 valence electrons. The highest BCUT2D eigenvalue weighted by Crippen LogP contribution is 2.12. The molecule has 0 aliphatic rings. The molecule has 1 aromatic rings. The van der Waals surface area contributed by atoms with Crippen molar-refractivity contribution in [3.05, 3.63) is 11.8 Å². The van der Waals surface area contributed by atoms with Crippen LogP contribution in [0.4, 0.5) is 0 Å². The lowest BCUT2D eigenvalue weighted by Gasteiger charge is -1.94. The minimum absolute atomic E-state index is 0.166. The van der Waals surface area contributed by atoms with Gasteiger partial charge in [0.15, 0.2) is 0 Å². The van der Waals surface area contributed by atoms with E-state index in [-0.39, 0.29) is 12.5 Å². The topological polar surface area (TPSA) is 59.2 Å². The van der Waals surface area contributed by atoms with Crippen LogP contribution in [0.5, 0.6) is 0 Å². The number of aliphatic hydroxyl groups excluding tert-OH is 1. The van der Waals surface area contributed by atoms with Crippen molar-refractivity contribution >= 4 is 0 Å². The van der Waals surface area contributed by atoms with E-state index in [2.05, 4.69) is 10.2 Å². The molecule has 0 saturated carbocycles. The fourth-order valence-electron chi connectivity index (χ4n) is 0.831. The number of aryl methyl sites for hydroxylation is 1. The second kappa shape index (κ2) is 4.21. The first kappa shape index (κ1) is 9.19. The zero-order chi connectivity index (χ0) is 8.97. The van der Waals surface area contributed by atoms with Gasteiger partial charge < -0.3 is 9.52 Å². The van der Waals surface area contributed by atoms with Gasteiger partial charge in [-0.3, -0.25) is 0 Å². The van der Waals surface area contributed by atoms with Crippen LogP contribution in [0.15, 0.2) is 4.42 Å². The molecule has 0 aromatic carbocycles. The molecule has 4 heteroatoms. The predicted octanol–water partition coefficient (Wildman–Crippen LogP) is 1.12. The molecule has 1 rings (SSSR count). The van der Waals surface area contributed by atoms with Gasteiger partial charge in [-0.1, -0.05) is 13.8 Å². The van der Waals surface area contributed by atoms with Crippen molar-refractivity contribution in [2.45, 2.75) is 32.6 Å². The summed E-state index contributed by atoms with van der Waals surface area (Å²) in [6.45, 7) is 4.17. The molecule has 4 nitrogen and oxygen atoms in total. The van der Waals surface area contributed by atoms with Crippen LogP contribution >= 0.6 is 0 Å². The maximum absolute atomic E-state index is 8.55. The van der Waals surface area contributed by atoms with E-state index in [1.165, 1.54) is 0 Å². The van der Waals surface area contributed by atoms with Crippen molar-refractivity contribution in [2.24, 2.45) is 0 Å². The Morgan fingerprint density at radius 3 is 2.67 bits per heavy atom. The minimum atomic E-state index is 0.166. The van der Waals surface area contributed by atoms with Gasteiger partial charge in [-0.2, -0.15) is 0 Å². The molecular weight excluding hydrogens is 156 g/mol. The molecule has 12 heavy (non-hydrogen) atoms. The monoisotopic (exact) mass is 170 g/mol. The third-order valence-electron chi connectivity index (χ3n) is 1.53. The third-order valence-corrected chi connectivity index (χ3v) is 1.53. The summed E-state index contributed by atoms with van der Waals surface area (Å²) in [5.74, 6) is 1.57. The van der Waals surface area contributed by atoms with E-state index in [1.807, 2.05) is 13.8 Å². The molecule has 0 saturated heterocycles. The SMILES string of the molecule is CC(C)c1nnc(CCCO)o1. The molecule has 1 heterocycles. The van der Waals surface area contributed by atoms with Gasteiger partial charge >= 0.3 is 0 Å². The summed E-state index contributed by atoms with van der Waals surface area (Å²) in [5.41, 5.74) is 0. The van der Waals surface area contributed by atoms with Crippen molar-refractivity contribution in [2.75, 3.05) is 6.61 Å². The summed E-state index contributed by atoms with van der Waals surface area (Å²) in [4.78, 5) is 0. The van der Waals surface area contributed by atoms with E-state index in [9.17, 15) is 0 Å². The summed E-state index contributed by atoms with van der Waals surface area (Å²) < 4.78 is 5.31. The van der Waals surface area contributed by atoms with Gasteiger partial charge in [-0.25, -0.2) is 0 Å². The van der Waals surface area contributed by atoms with Gasteiger partial charge in [0.25, 0.3) is 0 Å². The maximum Gasteiger partial charge on any atom is 0.219 e. The predicted molar refractivity (Wildman–Crippen MR) is 43.8 cm³/mol. The van der Waals surface area contributed by atoms with E-state index in [4.69, 9.17) is 9.52 Å². The average molecular weight is 170 g/mol. The first-order valence-corrected chi connectivity index (χ1v) is 4.17. The second-order valence-corrected chi connectivity index (χ2v) is 3.02. The Labute approximate surface area is 71.6 Å². The Morgan fingerprint density at radius 2 is 2.17 bits per heavy atom. The van der Waals surface area contributed by atoms with Crippen LogP contribution in [0, 0.1) is 0 Å². The molecule has 0 atom stereocenters. The fraction of sp³-hybridized carbons (Fsp3) is 0.750. The van der Waals surface area contributed by atoms with E-state index < -0.39 is 0 Å². The lowest BCUT2D eigenvalue weighted by atomic mass is 10.2. The van der Waals surface area contributed by atoms with E-state index in [0.717, 1.165) is 0 Å². The zero-order valence-corrected chi connectivity index (χ0v) is 7.45. The lowest BCUT2D eigenvalue weighted by Crippen LogP contribution is -1.88. The Balaban J connectivity index is 2.52. The van der Waals surface area contributed by atoms with Gasteiger partial charge in [-0.05, 0) is 6.42 Å². The number of nitrogens with zero attached hydrogens (tertiary/aromatic N) is 2. The average Bonchev–Trinajstić information content (AvgIpc) is 2.48. The first-order chi connectivity index (χ1) is 5.74. The quantitative estimate of drug-likeness (QED) is 0.735. The van der Waals surface area contributed by atoms with Gasteiger partial charge in [-0.15, -0.1) is 10.2 Å². The summed E-state index contributed by atoms with van der Waals surface area (Å²) >= 11 is 0. The van der Waals surface area contributed by atoms with E-state index in [1.54, 1.807) is 0 Å². The molecule has 1 aromatic heterocycles. The summed E-state index contributed by atoms with van der Waals surface area (Å²) in [7, 11) is 0. The summed E-state index contributed by atoms with van der Waals surface area (Å²) in [5, 5.41) is 16.3. The third kappa shape index (κ3) is 2.30. The van der Waals surface area contributed by atoms with Crippen molar-refractivity contribution in [3.8, 4) is 0 Å². The number of rotatable bonds is 4. The second-order valence-electron chi connectivity index (χ2n) is 3.02. The van der Waals surface area contributed by atoms with Gasteiger partial charge in [0.1, 0.15) is 0 Å². The largest absolute Gasteiger partial charge is 0.425 e. The van der Waals surface area contributed by atoms with Crippen LogP contribution in [0.25, 0.3) is 0 Å². The maximum atomic E-state index is 8.55. The highest BCUT2D eigenvalue weighted by molar-refractivity contribution is 4.86. The first-order valence-electron chi connectivity index (χ1n) is 4.17. The highest BCUT2D eigenvalue weighted by atomic mass is 16.4. The molecule has 0 bridgehead atoms. The normalized spacial score (nSPS) is 11.0. The lowest BCUT2D eigenvalue weighted by molar-refractivity contribution is 0.282. The molecule has 0 aliphatic heterocycles. The Kier molecular flexibility index (Phi) is 3.22.